The molecule has 2 aromatic heterocycles. The zero-order chi connectivity index (χ0) is 17.8. The number of pyridine rings is 2. The summed E-state index contributed by atoms with van der Waals surface area (Å²) in [7, 11) is 0. The average molecular weight is 349 g/mol. The van der Waals surface area contributed by atoms with Crippen molar-refractivity contribution in [3.63, 3.8) is 0 Å². The summed E-state index contributed by atoms with van der Waals surface area (Å²) < 4.78 is 0. The van der Waals surface area contributed by atoms with Crippen molar-refractivity contribution in [1.29, 1.82) is 0 Å². The van der Waals surface area contributed by atoms with Gasteiger partial charge in [-0.1, -0.05) is 36.4 Å². The molecule has 0 spiro atoms. The van der Waals surface area contributed by atoms with E-state index in [-0.39, 0.29) is 5.78 Å². The number of anilines is 1. The Bertz CT molecular complexity index is 893. The van der Waals surface area contributed by atoms with Gasteiger partial charge in [0.15, 0.2) is 5.78 Å². The predicted molar refractivity (Wildman–Crippen MR) is 103 cm³/mol. The molecular formula is C20H19N3OS. The Morgan fingerprint density at radius 3 is 2.60 bits per heavy atom. The van der Waals surface area contributed by atoms with Crippen molar-refractivity contribution >= 4 is 24.1 Å². The maximum absolute atomic E-state index is 12.9. The fraction of sp³-hybridized carbons (Fsp3) is 0.150. The van der Waals surface area contributed by atoms with Crippen molar-refractivity contribution in [3.05, 3.63) is 71.5 Å². The largest absolute Gasteiger partial charge is 0.398 e. The minimum Gasteiger partial charge on any atom is -0.398 e. The highest BCUT2D eigenvalue weighted by Crippen LogP contribution is 2.28. The average Bonchev–Trinajstić information content (AvgIpc) is 2.61. The number of hydrogen-bond acceptors (Lipinski definition) is 5. The molecule has 2 heterocycles. The van der Waals surface area contributed by atoms with E-state index in [1.165, 1.54) is 0 Å². The summed E-state index contributed by atoms with van der Waals surface area (Å²) in [6, 6.07) is 15.2. The number of aryl methyl sites for hydroxylation is 2. The summed E-state index contributed by atoms with van der Waals surface area (Å²) in [6.07, 6.45) is 2.69. The Morgan fingerprint density at radius 2 is 1.92 bits per heavy atom. The Labute approximate surface area is 152 Å². The number of nitrogens with two attached hydrogens (primary N) is 1. The van der Waals surface area contributed by atoms with E-state index in [1.54, 1.807) is 12.3 Å². The van der Waals surface area contributed by atoms with Crippen LogP contribution in [0.5, 0.6) is 0 Å². The van der Waals surface area contributed by atoms with E-state index in [4.69, 9.17) is 5.73 Å². The SMILES string of the molecule is Cc1cc(N)c(C(=O)CCc2ccc(S)nc2)c(-c2ccccc2)n1. The first-order valence-corrected chi connectivity index (χ1v) is 8.49. The van der Waals surface area contributed by atoms with E-state index in [1.807, 2.05) is 49.4 Å². The molecule has 25 heavy (non-hydrogen) atoms. The highest BCUT2D eigenvalue weighted by Gasteiger charge is 2.18. The summed E-state index contributed by atoms with van der Waals surface area (Å²) in [6.45, 7) is 1.88. The summed E-state index contributed by atoms with van der Waals surface area (Å²) in [5, 5.41) is 0.661. The van der Waals surface area contributed by atoms with E-state index >= 15 is 0 Å². The van der Waals surface area contributed by atoms with Crippen molar-refractivity contribution in [1.82, 2.24) is 9.97 Å². The predicted octanol–water partition coefficient (Wildman–Crippen LogP) is 4.14. The second-order valence-corrected chi connectivity index (χ2v) is 6.35. The summed E-state index contributed by atoms with van der Waals surface area (Å²) in [5.74, 6) is -0.0150. The fourth-order valence-corrected chi connectivity index (χ4v) is 2.88. The quantitative estimate of drug-likeness (QED) is 0.536. The lowest BCUT2D eigenvalue weighted by Crippen LogP contribution is -2.10. The second kappa shape index (κ2) is 7.49. The molecule has 0 saturated heterocycles. The molecule has 1 aromatic carbocycles. The van der Waals surface area contributed by atoms with Crippen LogP contribution in [0.2, 0.25) is 0 Å². The Morgan fingerprint density at radius 1 is 1.16 bits per heavy atom. The molecule has 0 radical (unpaired) electrons. The van der Waals surface area contributed by atoms with Crippen LogP contribution >= 0.6 is 12.6 Å². The third-order valence-electron chi connectivity index (χ3n) is 3.95. The number of aromatic nitrogens is 2. The Hall–Kier alpha value is -2.66. The monoisotopic (exact) mass is 349 g/mol. The van der Waals surface area contributed by atoms with Crippen LogP contribution in [0.25, 0.3) is 11.3 Å². The van der Waals surface area contributed by atoms with Crippen molar-refractivity contribution in [2.75, 3.05) is 5.73 Å². The molecule has 5 heteroatoms. The molecule has 0 amide bonds. The number of hydrogen-bond donors (Lipinski definition) is 2. The molecule has 3 aromatic rings. The van der Waals surface area contributed by atoms with Crippen LogP contribution in [0.3, 0.4) is 0 Å². The zero-order valence-corrected chi connectivity index (χ0v) is 14.8. The molecule has 0 unspecified atom stereocenters. The van der Waals surface area contributed by atoms with Crippen LogP contribution < -0.4 is 5.73 Å². The number of thiol groups is 1. The number of carbonyl (C=O) groups is 1. The highest BCUT2D eigenvalue weighted by molar-refractivity contribution is 7.80. The lowest BCUT2D eigenvalue weighted by atomic mass is 9.97. The standard InChI is InChI=1S/C20H19N3OS/c1-13-11-16(21)19(20(23-13)15-5-3-2-4-6-15)17(24)9-7-14-8-10-18(25)22-12-14/h2-6,8,10-12H,7,9H2,1H3,(H2,21,23)(H,22,25). The molecular weight excluding hydrogens is 330 g/mol. The number of nitrogens with zero attached hydrogens (tertiary/aromatic N) is 2. The maximum atomic E-state index is 12.9. The molecule has 0 fully saturated rings. The van der Waals surface area contributed by atoms with Crippen LogP contribution in [0.4, 0.5) is 5.69 Å². The number of Topliss-reactive ketones (excluding diaryl/α,β-unsaturated/α-hetero) is 1. The van der Waals surface area contributed by atoms with Crippen LogP contribution in [0.1, 0.15) is 28.0 Å². The van der Waals surface area contributed by atoms with E-state index in [0.29, 0.717) is 34.8 Å². The minimum atomic E-state index is -0.0150. The van der Waals surface area contributed by atoms with Gasteiger partial charge in [-0.2, -0.15) is 0 Å². The van der Waals surface area contributed by atoms with Crippen LogP contribution in [0.15, 0.2) is 59.8 Å². The number of rotatable bonds is 5. The van der Waals surface area contributed by atoms with Gasteiger partial charge in [-0.15, -0.1) is 12.6 Å². The van der Waals surface area contributed by atoms with Gasteiger partial charge < -0.3 is 5.73 Å². The number of benzene rings is 1. The first-order chi connectivity index (χ1) is 12.0. The van der Waals surface area contributed by atoms with Gasteiger partial charge in [0.25, 0.3) is 0 Å². The first-order valence-electron chi connectivity index (χ1n) is 8.04. The summed E-state index contributed by atoms with van der Waals surface area (Å²) >= 11 is 4.17. The minimum absolute atomic E-state index is 0.0150. The van der Waals surface area contributed by atoms with Gasteiger partial charge in [-0.05, 0) is 31.0 Å². The second-order valence-electron chi connectivity index (χ2n) is 5.89. The van der Waals surface area contributed by atoms with Gasteiger partial charge >= 0.3 is 0 Å². The Kier molecular flexibility index (Phi) is 5.14. The van der Waals surface area contributed by atoms with Crippen molar-refractivity contribution in [3.8, 4) is 11.3 Å². The number of carbonyl (C=O) groups excluding carboxylic acids is 1. The zero-order valence-electron chi connectivity index (χ0n) is 13.9. The van der Waals surface area contributed by atoms with E-state index in [0.717, 1.165) is 16.8 Å². The maximum Gasteiger partial charge on any atom is 0.167 e. The van der Waals surface area contributed by atoms with Crippen LogP contribution in [0, 0.1) is 6.92 Å². The van der Waals surface area contributed by atoms with Gasteiger partial charge in [-0.25, -0.2) is 4.98 Å². The molecule has 0 aliphatic heterocycles. The lowest BCUT2D eigenvalue weighted by molar-refractivity contribution is 0.0984. The van der Waals surface area contributed by atoms with E-state index in [2.05, 4.69) is 22.6 Å². The van der Waals surface area contributed by atoms with Crippen molar-refractivity contribution < 1.29 is 4.79 Å². The summed E-state index contributed by atoms with van der Waals surface area (Å²) in [5.41, 5.74) is 10.5. The van der Waals surface area contributed by atoms with Gasteiger partial charge in [0, 0.05) is 29.6 Å². The molecule has 126 valence electrons. The Balaban J connectivity index is 1.90. The van der Waals surface area contributed by atoms with E-state index < -0.39 is 0 Å². The molecule has 0 aliphatic carbocycles. The molecule has 2 N–H and O–H groups in total. The lowest BCUT2D eigenvalue weighted by Gasteiger charge is -2.12. The van der Waals surface area contributed by atoms with Gasteiger partial charge in [0.1, 0.15) is 0 Å². The molecule has 0 aliphatic rings. The molecule has 0 atom stereocenters. The third-order valence-corrected chi connectivity index (χ3v) is 4.22. The van der Waals surface area contributed by atoms with Gasteiger partial charge in [0.05, 0.1) is 16.3 Å². The van der Waals surface area contributed by atoms with E-state index in [9.17, 15) is 4.79 Å². The first kappa shape index (κ1) is 17.2. The number of nitrogen functional groups attached to an aromatic ring is 1. The fourth-order valence-electron chi connectivity index (χ4n) is 2.74. The van der Waals surface area contributed by atoms with Gasteiger partial charge in [0.2, 0.25) is 0 Å². The van der Waals surface area contributed by atoms with Crippen LogP contribution in [-0.4, -0.2) is 15.8 Å². The number of ketones is 1. The topological polar surface area (TPSA) is 68.9 Å². The highest BCUT2D eigenvalue weighted by atomic mass is 32.1. The smallest absolute Gasteiger partial charge is 0.167 e. The van der Waals surface area contributed by atoms with Crippen molar-refractivity contribution in [2.24, 2.45) is 0 Å². The molecule has 0 bridgehead atoms. The van der Waals surface area contributed by atoms with Crippen molar-refractivity contribution in [2.45, 2.75) is 24.8 Å². The molecule has 4 nitrogen and oxygen atoms in total. The van der Waals surface area contributed by atoms with Crippen LogP contribution in [-0.2, 0) is 6.42 Å². The summed E-state index contributed by atoms with van der Waals surface area (Å²) in [4.78, 5) is 21.6. The normalized spacial score (nSPS) is 10.6. The molecule has 0 saturated carbocycles. The third kappa shape index (κ3) is 4.06. The molecule has 3 rings (SSSR count). The van der Waals surface area contributed by atoms with Gasteiger partial charge in [-0.3, -0.25) is 9.78 Å².